The Morgan fingerprint density at radius 3 is 2.53 bits per heavy atom. The van der Waals surface area contributed by atoms with E-state index in [2.05, 4.69) is 17.2 Å². The van der Waals surface area contributed by atoms with E-state index in [1.165, 1.54) is 0 Å². The molecule has 1 aromatic rings. The minimum absolute atomic E-state index is 0.518. The van der Waals surface area contributed by atoms with E-state index in [1.807, 2.05) is 19.2 Å². The topological polar surface area (TPSA) is 62.2 Å². The summed E-state index contributed by atoms with van der Waals surface area (Å²) in [5, 5.41) is 15.5. The van der Waals surface area contributed by atoms with Gasteiger partial charge in [0.15, 0.2) is 0 Å². The van der Waals surface area contributed by atoms with Crippen molar-refractivity contribution in [2.24, 2.45) is 0 Å². The van der Waals surface area contributed by atoms with Crippen LogP contribution in [0.25, 0.3) is 0 Å². The lowest BCUT2D eigenvalue weighted by Crippen LogP contribution is -2.50. The summed E-state index contributed by atoms with van der Waals surface area (Å²) in [6, 6.07) is 0. The molecule has 1 aromatic heterocycles. The molecule has 96 valence electrons. The maximum absolute atomic E-state index is 11.3. The number of aryl methyl sites for hydroxylation is 1. The van der Waals surface area contributed by atoms with E-state index in [1.54, 1.807) is 11.3 Å². The molecule has 0 unspecified atom stereocenters. The van der Waals surface area contributed by atoms with Gasteiger partial charge >= 0.3 is 5.97 Å². The fourth-order valence-corrected chi connectivity index (χ4v) is 2.48. The van der Waals surface area contributed by atoms with Crippen molar-refractivity contribution in [3.8, 4) is 0 Å². The number of rotatable bonds is 7. The van der Waals surface area contributed by atoms with Crippen LogP contribution in [0, 0.1) is 0 Å². The van der Waals surface area contributed by atoms with E-state index in [0.717, 1.165) is 17.1 Å². The van der Waals surface area contributed by atoms with Crippen LogP contribution >= 0.6 is 11.3 Å². The number of carboxylic acid groups (broad SMARTS) is 1. The van der Waals surface area contributed by atoms with Crippen molar-refractivity contribution in [1.82, 2.24) is 10.3 Å². The Balaban J connectivity index is 2.66. The molecule has 0 saturated heterocycles. The normalized spacial score (nSPS) is 11.7. The number of hydrogen-bond donors (Lipinski definition) is 2. The van der Waals surface area contributed by atoms with Gasteiger partial charge in [0.2, 0.25) is 0 Å². The third kappa shape index (κ3) is 3.26. The second-order valence-electron chi connectivity index (χ2n) is 4.03. The van der Waals surface area contributed by atoms with Gasteiger partial charge in [0, 0.05) is 11.9 Å². The molecule has 0 aliphatic heterocycles. The molecule has 4 nitrogen and oxygen atoms in total. The molecule has 2 N–H and O–H groups in total. The first-order valence-electron chi connectivity index (χ1n) is 5.99. The van der Waals surface area contributed by atoms with Gasteiger partial charge in [0.1, 0.15) is 5.54 Å². The van der Waals surface area contributed by atoms with Crippen molar-refractivity contribution in [2.45, 2.75) is 52.1 Å². The monoisotopic (exact) mass is 256 g/mol. The molecule has 0 radical (unpaired) electrons. The van der Waals surface area contributed by atoms with E-state index in [9.17, 15) is 9.90 Å². The summed E-state index contributed by atoms with van der Waals surface area (Å²) in [7, 11) is 0. The number of aromatic nitrogens is 1. The largest absolute Gasteiger partial charge is 0.480 e. The van der Waals surface area contributed by atoms with E-state index >= 15 is 0 Å². The lowest BCUT2D eigenvalue weighted by molar-refractivity contribution is -0.145. The van der Waals surface area contributed by atoms with Gasteiger partial charge in [-0.25, -0.2) is 4.98 Å². The van der Waals surface area contributed by atoms with Crippen LogP contribution in [0.4, 0.5) is 0 Å². The zero-order valence-electron chi connectivity index (χ0n) is 10.6. The molecule has 1 heterocycles. The second kappa shape index (κ2) is 6.12. The third-order valence-corrected chi connectivity index (χ3v) is 4.17. The van der Waals surface area contributed by atoms with Gasteiger partial charge in [0.05, 0.1) is 10.7 Å². The Kier molecular flexibility index (Phi) is 5.08. The Bertz CT molecular complexity index is 372. The van der Waals surface area contributed by atoms with Crippen molar-refractivity contribution in [3.05, 3.63) is 16.1 Å². The zero-order chi connectivity index (χ0) is 12.9. The zero-order valence-corrected chi connectivity index (χ0v) is 11.4. The summed E-state index contributed by atoms with van der Waals surface area (Å²) < 4.78 is 0. The molecule has 0 saturated carbocycles. The molecule has 0 spiro atoms. The number of nitrogens with one attached hydrogen (secondary N) is 1. The van der Waals surface area contributed by atoms with Crippen molar-refractivity contribution in [2.75, 3.05) is 0 Å². The molecule has 0 aromatic carbocycles. The minimum Gasteiger partial charge on any atom is -0.480 e. The smallest absolute Gasteiger partial charge is 0.323 e. The molecule has 0 bridgehead atoms. The second-order valence-corrected chi connectivity index (χ2v) is 4.98. The van der Waals surface area contributed by atoms with Crippen LogP contribution < -0.4 is 5.32 Å². The predicted molar refractivity (Wildman–Crippen MR) is 69.3 cm³/mol. The molecule has 0 amide bonds. The number of carbonyl (C=O) groups is 1. The van der Waals surface area contributed by atoms with Gasteiger partial charge < -0.3 is 5.11 Å². The van der Waals surface area contributed by atoms with Crippen LogP contribution in [0.15, 0.2) is 5.38 Å². The molecule has 5 heteroatoms. The third-order valence-electron chi connectivity index (χ3n) is 3.13. The Morgan fingerprint density at radius 1 is 1.47 bits per heavy atom. The van der Waals surface area contributed by atoms with Crippen LogP contribution in [0.1, 0.15) is 44.3 Å². The van der Waals surface area contributed by atoms with Crippen LogP contribution in [0.2, 0.25) is 0 Å². The van der Waals surface area contributed by atoms with Gasteiger partial charge in [-0.05, 0) is 19.3 Å². The lowest BCUT2D eigenvalue weighted by atomic mass is 9.93. The first-order chi connectivity index (χ1) is 8.07. The predicted octanol–water partition coefficient (Wildman–Crippen LogP) is 2.44. The van der Waals surface area contributed by atoms with Gasteiger partial charge in [-0.15, -0.1) is 11.3 Å². The molecular weight excluding hydrogens is 236 g/mol. The van der Waals surface area contributed by atoms with Crippen molar-refractivity contribution in [1.29, 1.82) is 0 Å². The summed E-state index contributed by atoms with van der Waals surface area (Å²) in [5.41, 5.74) is 0.107. The van der Waals surface area contributed by atoms with E-state index in [0.29, 0.717) is 19.4 Å². The molecule has 0 fully saturated rings. The van der Waals surface area contributed by atoms with Crippen molar-refractivity contribution >= 4 is 17.3 Å². The fraction of sp³-hybridized carbons (Fsp3) is 0.667. The highest BCUT2D eigenvalue weighted by Crippen LogP contribution is 2.17. The number of thiazole rings is 1. The maximum atomic E-state index is 11.3. The number of hydrogen-bond acceptors (Lipinski definition) is 4. The van der Waals surface area contributed by atoms with Crippen LogP contribution in [-0.2, 0) is 17.8 Å². The molecule has 1 rings (SSSR count). The summed E-state index contributed by atoms with van der Waals surface area (Å²) in [6.07, 6.45) is 2.07. The highest BCUT2D eigenvalue weighted by Gasteiger charge is 2.34. The fourth-order valence-electron chi connectivity index (χ4n) is 1.73. The summed E-state index contributed by atoms with van der Waals surface area (Å²) in [4.78, 5) is 15.7. The van der Waals surface area contributed by atoms with E-state index < -0.39 is 11.5 Å². The quantitative estimate of drug-likeness (QED) is 0.786. The minimum atomic E-state index is -0.823. The average Bonchev–Trinajstić information content (AvgIpc) is 2.78. The van der Waals surface area contributed by atoms with Crippen molar-refractivity contribution < 1.29 is 9.90 Å². The number of nitrogens with zero attached hydrogens (tertiary/aromatic N) is 1. The SMILES string of the molecule is CCc1nc(CNC(CC)(CC)C(=O)O)cs1. The van der Waals surface area contributed by atoms with Gasteiger partial charge in [-0.2, -0.15) is 0 Å². The first kappa shape index (κ1) is 14.1. The summed E-state index contributed by atoms with van der Waals surface area (Å²) in [6.45, 7) is 6.37. The molecule has 17 heavy (non-hydrogen) atoms. The van der Waals surface area contributed by atoms with Crippen LogP contribution in [0.3, 0.4) is 0 Å². The lowest BCUT2D eigenvalue weighted by Gasteiger charge is -2.27. The summed E-state index contributed by atoms with van der Waals surface area (Å²) >= 11 is 1.63. The standard InChI is InChI=1S/C12H20N2O2S/c1-4-10-14-9(8-17-10)7-13-12(5-2,6-3)11(15)16/h8,13H,4-7H2,1-3H3,(H,15,16). The van der Waals surface area contributed by atoms with Gasteiger partial charge in [-0.3, -0.25) is 10.1 Å². The Labute approximate surface area is 106 Å². The highest BCUT2D eigenvalue weighted by atomic mass is 32.1. The molecule has 0 aliphatic carbocycles. The number of carboxylic acids is 1. The Hall–Kier alpha value is -0.940. The van der Waals surface area contributed by atoms with Crippen LogP contribution in [-0.4, -0.2) is 21.6 Å². The highest BCUT2D eigenvalue weighted by molar-refractivity contribution is 7.09. The summed E-state index contributed by atoms with van der Waals surface area (Å²) in [5.74, 6) is -0.784. The van der Waals surface area contributed by atoms with Crippen molar-refractivity contribution in [3.63, 3.8) is 0 Å². The molecular formula is C12H20N2O2S. The van der Waals surface area contributed by atoms with Gasteiger partial charge in [-0.1, -0.05) is 20.8 Å². The first-order valence-corrected chi connectivity index (χ1v) is 6.87. The Morgan fingerprint density at radius 2 is 2.12 bits per heavy atom. The molecule has 0 aliphatic rings. The van der Waals surface area contributed by atoms with E-state index in [-0.39, 0.29) is 0 Å². The van der Waals surface area contributed by atoms with E-state index in [4.69, 9.17) is 0 Å². The number of aliphatic carboxylic acids is 1. The maximum Gasteiger partial charge on any atom is 0.323 e. The average molecular weight is 256 g/mol. The molecule has 0 atom stereocenters. The van der Waals surface area contributed by atoms with Gasteiger partial charge in [0.25, 0.3) is 0 Å². The van der Waals surface area contributed by atoms with Crippen LogP contribution in [0.5, 0.6) is 0 Å².